The predicted molar refractivity (Wildman–Crippen MR) is 126 cm³/mol. The number of rotatable bonds is 8. The molecule has 0 aliphatic carbocycles. The summed E-state index contributed by atoms with van der Waals surface area (Å²) in [5.74, 6) is -0.486. The molecule has 34 heavy (non-hydrogen) atoms. The average Bonchev–Trinajstić information content (AvgIpc) is 2.79. The highest BCUT2D eigenvalue weighted by Crippen LogP contribution is 2.23. The van der Waals surface area contributed by atoms with Crippen molar-refractivity contribution in [1.29, 1.82) is 0 Å². The number of ether oxygens (including phenoxy) is 3. The minimum Gasteiger partial charge on any atom is -0.447 e. The molecular formula is C23H29N3O7S. The number of hydrogen-bond donors (Lipinski definition) is 2. The third-order valence-electron chi connectivity index (χ3n) is 5.01. The van der Waals surface area contributed by atoms with Crippen LogP contribution in [0, 0.1) is 0 Å². The number of morpholine rings is 1. The first-order valence-electron chi connectivity index (χ1n) is 10.8. The van der Waals surface area contributed by atoms with Gasteiger partial charge in [-0.15, -0.1) is 0 Å². The van der Waals surface area contributed by atoms with Crippen molar-refractivity contribution in [1.82, 2.24) is 4.31 Å². The zero-order valence-electron chi connectivity index (χ0n) is 19.3. The largest absolute Gasteiger partial charge is 0.447 e. The molecule has 2 aromatic rings. The Morgan fingerprint density at radius 3 is 2.32 bits per heavy atom. The summed E-state index contributed by atoms with van der Waals surface area (Å²) in [6.07, 6.45) is -1.09. The average molecular weight is 492 g/mol. The van der Waals surface area contributed by atoms with Crippen LogP contribution >= 0.6 is 0 Å². The molecular weight excluding hydrogens is 462 g/mol. The Labute approximate surface area is 199 Å². The SMILES string of the molecule is COCCOC(=O)Nc1cccc(NC(=O)c2cccc(S(=O)(=O)N3CC(C)OC(C)C3)c2)c1. The van der Waals surface area contributed by atoms with Gasteiger partial charge in [0.2, 0.25) is 10.0 Å². The number of hydrogen-bond acceptors (Lipinski definition) is 7. The molecule has 1 saturated heterocycles. The van der Waals surface area contributed by atoms with E-state index in [9.17, 15) is 18.0 Å². The first kappa shape index (κ1) is 25.6. The van der Waals surface area contributed by atoms with Crippen LogP contribution in [0.5, 0.6) is 0 Å². The third-order valence-corrected chi connectivity index (χ3v) is 6.84. The van der Waals surface area contributed by atoms with E-state index in [1.54, 1.807) is 24.3 Å². The number of benzene rings is 2. The van der Waals surface area contributed by atoms with Crippen molar-refractivity contribution >= 4 is 33.4 Å². The Kier molecular flexibility index (Phi) is 8.61. The summed E-state index contributed by atoms with van der Waals surface area (Å²) >= 11 is 0. The predicted octanol–water partition coefficient (Wildman–Crippen LogP) is 2.93. The maximum Gasteiger partial charge on any atom is 0.411 e. The molecule has 1 heterocycles. The molecule has 2 amide bonds. The molecule has 11 heteroatoms. The van der Waals surface area contributed by atoms with Gasteiger partial charge in [0.25, 0.3) is 5.91 Å². The van der Waals surface area contributed by atoms with Crippen LogP contribution in [0.1, 0.15) is 24.2 Å². The molecule has 0 aromatic heterocycles. The van der Waals surface area contributed by atoms with Crippen molar-refractivity contribution in [3.05, 3.63) is 54.1 Å². The summed E-state index contributed by atoms with van der Waals surface area (Å²) < 4.78 is 43.0. The maximum absolute atomic E-state index is 13.1. The quantitative estimate of drug-likeness (QED) is 0.544. The van der Waals surface area contributed by atoms with E-state index in [4.69, 9.17) is 14.2 Å². The molecule has 1 aliphatic heterocycles. The Hall–Kier alpha value is -2.99. The molecule has 0 spiro atoms. The molecule has 2 N–H and O–H groups in total. The summed E-state index contributed by atoms with van der Waals surface area (Å²) in [6.45, 7) is 4.53. The lowest BCUT2D eigenvalue weighted by Gasteiger charge is -2.34. The zero-order valence-corrected chi connectivity index (χ0v) is 20.1. The summed E-state index contributed by atoms with van der Waals surface area (Å²) in [4.78, 5) is 24.7. The fraction of sp³-hybridized carbons (Fsp3) is 0.391. The molecule has 0 bridgehead atoms. The van der Waals surface area contributed by atoms with Gasteiger partial charge in [-0.05, 0) is 50.2 Å². The standard InChI is InChI=1S/C23H29N3O7S/c1-16-14-26(15-17(2)33-16)34(29,30)21-9-4-6-18(12-21)22(27)24-19-7-5-8-20(13-19)25-23(28)32-11-10-31-3/h4-9,12-13,16-17H,10-11,14-15H2,1-3H3,(H,24,27)(H,25,28). The molecule has 2 atom stereocenters. The van der Waals surface area contributed by atoms with Gasteiger partial charge in [-0.3, -0.25) is 10.1 Å². The van der Waals surface area contributed by atoms with E-state index in [-0.39, 0.29) is 49.0 Å². The highest BCUT2D eigenvalue weighted by Gasteiger charge is 2.32. The number of carbonyl (C=O) groups is 2. The number of sulfonamides is 1. The highest BCUT2D eigenvalue weighted by molar-refractivity contribution is 7.89. The minimum atomic E-state index is -3.78. The minimum absolute atomic E-state index is 0.0377. The Balaban J connectivity index is 1.69. The van der Waals surface area contributed by atoms with E-state index < -0.39 is 22.0 Å². The highest BCUT2D eigenvalue weighted by atomic mass is 32.2. The lowest BCUT2D eigenvalue weighted by Crippen LogP contribution is -2.48. The lowest BCUT2D eigenvalue weighted by molar-refractivity contribution is -0.0440. The number of carbonyl (C=O) groups excluding carboxylic acids is 2. The summed E-state index contributed by atoms with van der Waals surface area (Å²) in [5, 5.41) is 5.28. The van der Waals surface area contributed by atoms with E-state index >= 15 is 0 Å². The van der Waals surface area contributed by atoms with Crippen LogP contribution in [0.2, 0.25) is 0 Å². The Bertz CT molecular complexity index is 1110. The second-order valence-corrected chi connectivity index (χ2v) is 9.83. The number of anilines is 2. The van der Waals surface area contributed by atoms with Gasteiger partial charge in [-0.25, -0.2) is 13.2 Å². The van der Waals surface area contributed by atoms with Gasteiger partial charge in [-0.2, -0.15) is 4.31 Å². The van der Waals surface area contributed by atoms with E-state index in [2.05, 4.69) is 10.6 Å². The van der Waals surface area contributed by atoms with Gasteiger partial charge in [-0.1, -0.05) is 12.1 Å². The van der Waals surface area contributed by atoms with Crippen molar-refractivity contribution in [2.75, 3.05) is 44.0 Å². The number of nitrogens with zero attached hydrogens (tertiary/aromatic N) is 1. The van der Waals surface area contributed by atoms with Crippen molar-refractivity contribution in [3.8, 4) is 0 Å². The molecule has 10 nitrogen and oxygen atoms in total. The molecule has 0 radical (unpaired) electrons. The lowest BCUT2D eigenvalue weighted by atomic mass is 10.2. The second-order valence-electron chi connectivity index (χ2n) is 7.90. The van der Waals surface area contributed by atoms with Crippen LogP contribution in [0.3, 0.4) is 0 Å². The molecule has 1 fully saturated rings. The van der Waals surface area contributed by atoms with Crippen molar-refractivity contribution < 1.29 is 32.2 Å². The summed E-state index contributed by atoms with van der Waals surface area (Å²) in [5.41, 5.74) is 1.03. The second kappa shape index (κ2) is 11.4. The molecule has 1 aliphatic rings. The van der Waals surface area contributed by atoms with Crippen molar-refractivity contribution in [2.45, 2.75) is 31.0 Å². The first-order valence-corrected chi connectivity index (χ1v) is 12.2. The van der Waals surface area contributed by atoms with Gasteiger partial charge in [0.15, 0.2) is 0 Å². The van der Waals surface area contributed by atoms with E-state index in [0.29, 0.717) is 11.4 Å². The molecule has 0 saturated carbocycles. The van der Waals surface area contributed by atoms with Gasteiger partial charge in [0, 0.05) is 37.1 Å². The fourth-order valence-corrected chi connectivity index (χ4v) is 5.16. The number of nitrogens with one attached hydrogen (secondary N) is 2. The monoisotopic (exact) mass is 491 g/mol. The summed E-state index contributed by atoms with van der Waals surface area (Å²) in [7, 11) is -2.28. The van der Waals surface area contributed by atoms with E-state index in [1.807, 2.05) is 13.8 Å². The van der Waals surface area contributed by atoms with Crippen LogP contribution in [0.25, 0.3) is 0 Å². The van der Waals surface area contributed by atoms with Crippen LogP contribution in [-0.2, 0) is 24.2 Å². The van der Waals surface area contributed by atoms with E-state index in [0.717, 1.165) is 0 Å². The van der Waals surface area contributed by atoms with Gasteiger partial charge >= 0.3 is 6.09 Å². The maximum atomic E-state index is 13.1. The van der Waals surface area contributed by atoms with Crippen LogP contribution in [0.4, 0.5) is 16.2 Å². The number of methoxy groups -OCH3 is 1. The Morgan fingerprint density at radius 1 is 1.00 bits per heavy atom. The summed E-state index contributed by atoms with van der Waals surface area (Å²) in [6, 6.07) is 12.4. The fourth-order valence-electron chi connectivity index (χ4n) is 3.52. The molecule has 184 valence electrons. The van der Waals surface area contributed by atoms with Crippen LogP contribution in [-0.4, -0.2) is 70.3 Å². The zero-order chi connectivity index (χ0) is 24.7. The van der Waals surface area contributed by atoms with Crippen LogP contribution < -0.4 is 10.6 Å². The van der Waals surface area contributed by atoms with E-state index in [1.165, 1.54) is 35.7 Å². The molecule has 2 aromatic carbocycles. The third kappa shape index (κ3) is 6.76. The Morgan fingerprint density at radius 2 is 1.65 bits per heavy atom. The van der Waals surface area contributed by atoms with Crippen LogP contribution in [0.15, 0.2) is 53.4 Å². The smallest absolute Gasteiger partial charge is 0.411 e. The molecule has 2 unspecified atom stereocenters. The van der Waals surface area contributed by atoms with Gasteiger partial charge in [0.1, 0.15) is 6.61 Å². The van der Waals surface area contributed by atoms with Gasteiger partial charge in [0.05, 0.1) is 23.7 Å². The normalized spacial score (nSPS) is 18.8. The first-order chi connectivity index (χ1) is 16.2. The topological polar surface area (TPSA) is 123 Å². The van der Waals surface area contributed by atoms with Crippen molar-refractivity contribution in [2.24, 2.45) is 0 Å². The van der Waals surface area contributed by atoms with Gasteiger partial charge < -0.3 is 19.5 Å². The molecule has 3 rings (SSSR count). The van der Waals surface area contributed by atoms with Crippen molar-refractivity contribution in [3.63, 3.8) is 0 Å². The number of amides is 2.